The number of anilines is 1. The third kappa shape index (κ3) is 3.73. The maximum atomic E-state index is 10.9. The number of aliphatic hydroxyl groups is 2. The Morgan fingerprint density at radius 1 is 1.37 bits per heavy atom. The lowest BCUT2D eigenvalue weighted by Gasteiger charge is -2.15. The molecule has 1 fully saturated rings. The first-order chi connectivity index (χ1) is 12.6. The van der Waals surface area contributed by atoms with Crippen molar-refractivity contribution in [3.05, 3.63) is 12.0 Å². The second kappa shape index (κ2) is 7.23. The van der Waals surface area contributed by atoms with E-state index in [0.717, 1.165) is 0 Å². The minimum atomic E-state index is -4.23. The largest absolute Gasteiger partial charge is 0.387 e. The van der Waals surface area contributed by atoms with Gasteiger partial charge in [0.25, 0.3) is 0 Å². The number of nitrogens with zero attached hydrogens (tertiary/aromatic N) is 4. The van der Waals surface area contributed by atoms with Crippen LogP contribution in [-0.4, -0.2) is 70.4 Å². The lowest BCUT2D eigenvalue weighted by Crippen LogP contribution is -2.35. The summed E-state index contributed by atoms with van der Waals surface area (Å²) in [4.78, 5) is 8.06. The summed E-state index contributed by atoms with van der Waals surface area (Å²) in [5.41, 5.74) is 6.61. The highest BCUT2D eigenvalue weighted by atomic mass is 32.2. The van der Waals surface area contributed by atoms with Crippen molar-refractivity contribution in [2.45, 2.75) is 37.6 Å². The Morgan fingerprint density at radius 2 is 2.07 bits per heavy atom. The Hall–Kier alpha value is -1.94. The molecule has 0 unspecified atom stereocenters. The minimum Gasteiger partial charge on any atom is -0.387 e. The first-order valence-corrected chi connectivity index (χ1v) is 9.31. The SMILES string of the molecule is CO[C@@H](C)c1nn([C@@H]2O[C@H](COS(N)(=O)=O)[C@@H](O)[C@H]2O)c2ncnc(N)c12. The standard InChI is InChI=1S/C13H20N6O7S/c1-5(24-2)8-7-11(14)16-4-17-12(7)19(18-8)13-10(21)9(20)6(26-13)3-25-27(15,22)23/h4-6,9-10,13,20-21H,3H2,1-2H3,(H2,14,16,17)(H2,15,22,23)/t5-,6+,9+,10+,13+/m0/s1. The molecule has 0 spiro atoms. The molecule has 0 aromatic carbocycles. The van der Waals surface area contributed by atoms with Gasteiger partial charge in [0.05, 0.1) is 18.1 Å². The fraction of sp³-hybridized carbons (Fsp3) is 0.615. The van der Waals surface area contributed by atoms with Crippen molar-refractivity contribution in [2.75, 3.05) is 19.5 Å². The molecule has 5 atom stereocenters. The molecule has 2 aromatic heterocycles. The lowest BCUT2D eigenvalue weighted by atomic mass is 10.1. The summed E-state index contributed by atoms with van der Waals surface area (Å²) in [6, 6.07) is 0. The van der Waals surface area contributed by atoms with Crippen LogP contribution in [0.15, 0.2) is 6.33 Å². The number of methoxy groups -OCH3 is 1. The number of ether oxygens (including phenoxy) is 2. The van der Waals surface area contributed by atoms with Gasteiger partial charge in [0.2, 0.25) is 0 Å². The molecule has 6 N–H and O–H groups in total. The van der Waals surface area contributed by atoms with Gasteiger partial charge >= 0.3 is 10.3 Å². The van der Waals surface area contributed by atoms with Crippen LogP contribution in [0.2, 0.25) is 0 Å². The predicted molar refractivity (Wildman–Crippen MR) is 90.1 cm³/mol. The normalized spacial score (nSPS) is 27.3. The molecule has 0 bridgehead atoms. The van der Waals surface area contributed by atoms with Crippen molar-refractivity contribution in [1.29, 1.82) is 0 Å². The Morgan fingerprint density at radius 3 is 2.70 bits per heavy atom. The summed E-state index contributed by atoms with van der Waals surface area (Å²) in [6.07, 6.45) is -4.47. The summed E-state index contributed by atoms with van der Waals surface area (Å²) in [6.45, 7) is 1.16. The molecule has 0 saturated carbocycles. The third-order valence-electron chi connectivity index (χ3n) is 4.26. The van der Waals surface area contributed by atoms with Crippen LogP contribution in [0.25, 0.3) is 11.0 Å². The molecular weight excluding hydrogens is 384 g/mol. The van der Waals surface area contributed by atoms with Crippen LogP contribution in [-0.2, 0) is 24.0 Å². The zero-order valence-corrected chi connectivity index (χ0v) is 15.3. The van der Waals surface area contributed by atoms with Gasteiger partial charge in [-0.25, -0.2) is 19.8 Å². The average Bonchev–Trinajstić information content (AvgIpc) is 3.12. The highest BCUT2D eigenvalue weighted by molar-refractivity contribution is 7.84. The van der Waals surface area contributed by atoms with E-state index < -0.39 is 47.6 Å². The van der Waals surface area contributed by atoms with Crippen molar-refractivity contribution in [3.8, 4) is 0 Å². The molecule has 2 aromatic rings. The molecule has 0 amide bonds. The predicted octanol–water partition coefficient (Wildman–Crippen LogP) is -2.04. The van der Waals surface area contributed by atoms with E-state index in [1.807, 2.05) is 0 Å². The Labute approximate surface area is 154 Å². The van der Waals surface area contributed by atoms with E-state index in [2.05, 4.69) is 19.2 Å². The number of rotatable bonds is 6. The molecule has 3 heterocycles. The number of hydrogen-bond acceptors (Lipinski definition) is 11. The summed E-state index contributed by atoms with van der Waals surface area (Å²) in [5.74, 6) is 0.160. The number of aliphatic hydroxyl groups excluding tert-OH is 2. The second-order valence-corrected chi connectivity index (χ2v) is 7.21. The van der Waals surface area contributed by atoms with Crippen LogP contribution in [0.1, 0.15) is 24.9 Å². The fourth-order valence-corrected chi connectivity index (χ4v) is 3.15. The third-order valence-corrected chi connectivity index (χ3v) is 4.72. The van der Waals surface area contributed by atoms with Crippen LogP contribution in [0.3, 0.4) is 0 Å². The van der Waals surface area contributed by atoms with Crippen molar-refractivity contribution >= 4 is 27.2 Å². The summed E-state index contributed by atoms with van der Waals surface area (Å²) in [5, 5.41) is 30.1. The molecule has 1 saturated heterocycles. The van der Waals surface area contributed by atoms with Crippen molar-refractivity contribution in [3.63, 3.8) is 0 Å². The van der Waals surface area contributed by atoms with Gasteiger partial charge in [-0.1, -0.05) is 0 Å². The Kier molecular flexibility index (Phi) is 5.31. The maximum absolute atomic E-state index is 10.9. The molecule has 0 radical (unpaired) electrons. The van der Waals surface area contributed by atoms with E-state index in [9.17, 15) is 18.6 Å². The van der Waals surface area contributed by atoms with Crippen LogP contribution in [0.4, 0.5) is 5.82 Å². The Bertz CT molecular complexity index is 935. The smallest absolute Gasteiger partial charge is 0.333 e. The average molecular weight is 404 g/mol. The number of nitrogen functional groups attached to an aromatic ring is 1. The van der Waals surface area contributed by atoms with Gasteiger partial charge in [-0.2, -0.15) is 13.5 Å². The van der Waals surface area contributed by atoms with Crippen LogP contribution in [0.5, 0.6) is 0 Å². The molecule has 27 heavy (non-hydrogen) atoms. The minimum absolute atomic E-state index is 0.160. The fourth-order valence-electron chi connectivity index (χ4n) is 2.83. The molecule has 14 heteroatoms. The highest BCUT2D eigenvalue weighted by Gasteiger charge is 2.45. The molecule has 1 aliphatic rings. The van der Waals surface area contributed by atoms with Gasteiger partial charge in [-0.05, 0) is 6.92 Å². The quantitative estimate of drug-likeness (QED) is 0.413. The monoisotopic (exact) mass is 404 g/mol. The van der Waals surface area contributed by atoms with Gasteiger partial charge in [-0.15, -0.1) is 0 Å². The van der Waals surface area contributed by atoms with Crippen LogP contribution in [0, 0.1) is 0 Å². The summed E-state index contributed by atoms with van der Waals surface area (Å²) in [7, 11) is -2.75. The van der Waals surface area contributed by atoms with Gasteiger partial charge in [0, 0.05) is 7.11 Å². The van der Waals surface area contributed by atoms with Crippen molar-refractivity contribution in [2.24, 2.45) is 5.14 Å². The zero-order chi connectivity index (χ0) is 19.9. The Balaban J connectivity index is 1.99. The van der Waals surface area contributed by atoms with Crippen LogP contribution >= 0.6 is 0 Å². The number of aromatic nitrogens is 4. The molecular formula is C13H20N6O7S. The van der Waals surface area contributed by atoms with E-state index in [-0.39, 0.29) is 11.5 Å². The molecule has 3 rings (SSSR count). The molecule has 0 aliphatic carbocycles. The number of fused-ring (bicyclic) bond motifs is 1. The van der Waals surface area contributed by atoms with E-state index in [1.54, 1.807) is 6.92 Å². The van der Waals surface area contributed by atoms with E-state index >= 15 is 0 Å². The van der Waals surface area contributed by atoms with Crippen LogP contribution < -0.4 is 10.9 Å². The topological polar surface area (TPSA) is 198 Å². The molecule has 150 valence electrons. The highest BCUT2D eigenvalue weighted by Crippen LogP contribution is 2.35. The zero-order valence-electron chi connectivity index (χ0n) is 14.5. The van der Waals surface area contributed by atoms with Crippen molar-refractivity contribution in [1.82, 2.24) is 19.7 Å². The second-order valence-electron chi connectivity index (χ2n) is 5.99. The first-order valence-electron chi connectivity index (χ1n) is 7.84. The van der Waals surface area contributed by atoms with Gasteiger partial charge in [0.1, 0.15) is 36.2 Å². The first kappa shape index (κ1) is 19.8. The molecule has 13 nitrogen and oxygen atoms in total. The number of nitrogens with two attached hydrogens (primary N) is 2. The summed E-state index contributed by atoms with van der Waals surface area (Å²) < 4.78 is 38.4. The van der Waals surface area contributed by atoms with E-state index in [1.165, 1.54) is 18.1 Å². The maximum Gasteiger partial charge on any atom is 0.333 e. The van der Waals surface area contributed by atoms with E-state index in [4.69, 9.17) is 20.3 Å². The van der Waals surface area contributed by atoms with Gasteiger partial charge in [0.15, 0.2) is 11.9 Å². The van der Waals surface area contributed by atoms with Gasteiger partial charge in [-0.3, -0.25) is 4.18 Å². The van der Waals surface area contributed by atoms with Crippen molar-refractivity contribution < 1.29 is 32.3 Å². The number of hydrogen-bond donors (Lipinski definition) is 4. The lowest BCUT2D eigenvalue weighted by molar-refractivity contribution is -0.0532. The van der Waals surface area contributed by atoms with Gasteiger partial charge < -0.3 is 25.4 Å². The molecule has 1 aliphatic heterocycles. The van der Waals surface area contributed by atoms with E-state index in [0.29, 0.717) is 11.1 Å². The summed E-state index contributed by atoms with van der Waals surface area (Å²) >= 11 is 0.